The van der Waals surface area contributed by atoms with Gasteiger partial charge in [0.25, 0.3) is 0 Å². The van der Waals surface area contributed by atoms with Crippen LogP contribution in [-0.4, -0.2) is 23.4 Å². The summed E-state index contributed by atoms with van der Waals surface area (Å²) < 4.78 is 2.46. The summed E-state index contributed by atoms with van der Waals surface area (Å²) in [5, 5.41) is 0. The predicted octanol–water partition coefficient (Wildman–Crippen LogP) is 8.53. The predicted molar refractivity (Wildman–Crippen MR) is 162 cm³/mol. The first-order chi connectivity index (χ1) is 18.2. The van der Waals surface area contributed by atoms with Crippen molar-refractivity contribution in [2.45, 2.75) is 38.5 Å². The minimum atomic E-state index is -0.216. The third kappa shape index (κ3) is 4.71. The van der Waals surface area contributed by atoms with E-state index >= 15 is 0 Å². The van der Waals surface area contributed by atoms with E-state index in [4.69, 9.17) is 12.6 Å². The van der Waals surface area contributed by atoms with Crippen LogP contribution in [0.3, 0.4) is 0 Å². The summed E-state index contributed by atoms with van der Waals surface area (Å²) in [5.74, 6) is 0. The standard InChI is InChI=1S/C35H35NS/c1-3-5-6-10-23-33-30(34(37)26-36(33)25-4-2)20-15-24-35(27-16-8-7-9-17-27)31-21-13-11-18-28(31)29-19-12-14-22-32(29)35/h3,5,7-23H,4,6,24-26H2,1-2H3/p+1. The molecule has 0 N–H and O–H groups in total. The minimum Gasteiger partial charge on any atom is -0.224 e. The lowest BCUT2D eigenvalue weighted by molar-refractivity contribution is -0.513. The first-order valence-electron chi connectivity index (χ1n) is 13.4. The minimum absolute atomic E-state index is 0.216. The van der Waals surface area contributed by atoms with Gasteiger partial charge in [-0.25, -0.2) is 4.58 Å². The molecule has 0 fully saturated rings. The molecule has 0 unspecified atom stereocenters. The summed E-state index contributed by atoms with van der Waals surface area (Å²) in [7, 11) is 0. The molecule has 37 heavy (non-hydrogen) atoms. The van der Waals surface area contributed by atoms with Crippen molar-refractivity contribution >= 4 is 18.3 Å². The highest BCUT2D eigenvalue weighted by atomic mass is 32.1. The van der Waals surface area contributed by atoms with Gasteiger partial charge in [-0.1, -0.05) is 116 Å². The van der Waals surface area contributed by atoms with Gasteiger partial charge in [0, 0.05) is 17.9 Å². The van der Waals surface area contributed by atoms with Gasteiger partial charge in [0.15, 0.2) is 6.54 Å². The van der Waals surface area contributed by atoms with Gasteiger partial charge in [-0.2, -0.15) is 0 Å². The van der Waals surface area contributed by atoms with Crippen LogP contribution in [-0.2, 0) is 5.41 Å². The molecule has 3 aromatic carbocycles. The molecule has 0 aromatic heterocycles. The van der Waals surface area contributed by atoms with Gasteiger partial charge in [-0.3, -0.25) is 0 Å². The van der Waals surface area contributed by atoms with E-state index in [2.05, 4.69) is 134 Å². The molecule has 1 aliphatic heterocycles. The maximum Gasteiger partial charge on any atom is 0.208 e. The Balaban J connectivity index is 1.57. The Morgan fingerprint density at radius 2 is 1.46 bits per heavy atom. The molecule has 0 atom stereocenters. The molecule has 0 saturated carbocycles. The largest absolute Gasteiger partial charge is 0.224 e. The van der Waals surface area contributed by atoms with Crippen LogP contribution in [0.15, 0.2) is 126 Å². The molecular formula is C35H36NS+. The Labute approximate surface area is 227 Å². The highest BCUT2D eigenvalue weighted by Gasteiger charge is 2.43. The quantitative estimate of drug-likeness (QED) is 0.170. The molecule has 0 saturated heterocycles. The second kappa shape index (κ2) is 11.4. The lowest BCUT2D eigenvalue weighted by Crippen LogP contribution is -2.26. The van der Waals surface area contributed by atoms with Crippen LogP contribution in [0, 0.1) is 0 Å². The SMILES string of the molecule is CC=CCC=CC1=[N+](CCC)CC(S)=C1C=CCC1(c2ccccc2)c2ccccc2-c2ccccc21. The van der Waals surface area contributed by atoms with Gasteiger partial charge < -0.3 is 0 Å². The number of hydrogen-bond acceptors (Lipinski definition) is 1. The molecule has 2 aliphatic rings. The zero-order valence-electron chi connectivity index (χ0n) is 21.9. The highest BCUT2D eigenvalue weighted by Crippen LogP contribution is 2.54. The number of fused-ring (bicyclic) bond motifs is 3. The Kier molecular flexibility index (Phi) is 7.76. The van der Waals surface area contributed by atoms with Crippen LogP contribution in [0.4, 0.5) is 0 Å². The molecule has 0 amide bonds. The van der Waals surface area contributed by atoms with Crippen LogP contribution >= 0.6 is 12.6 Å². The summed E-state index contributed by atoms with van der Waals surface area (Å²) in [6.45, 7) is 6.24. The Hall–Kier alpha value is -3.36. The zero-order chi connectivity index (χ0) is 25.7. The van der Waals surface area contributed by atoms with Gasteiger partial charge >= 0.3 is 0 Å². The summed E-state index contributed by atoms with van der Waals surface area (Å²) in [5.41, 5.74) is 9.13. The van der Waals surface area contributed by atoms with Crippen LogP contribution in [0.25, 0.3) is 11.1 Å². The molecule has 2 heteroatoms. The zero-order valence-corrected chi connectivity index (χ0v) is 22.8. The molecular weight excluding hydrogens is 466 g/mol. The smallest absolute Gasteiger partial charge is 0.208 e. The van der Waals surface area contributed by atoms with E-state index in [1.165, 1.54) is 39.1 Å². The van der Waals surface area contributed by atoms with Gasteiger partial charge in [-0.15, -0.1) is 12.6 Å². The number of thiol groups is 1. The molecule has 3 aromatic rings. The van der Waals surface area contributed by atoms with Crippen molar-refractivity contribution in [3.05, 3.63) is 142 Å². The first kappa shape index (κ1) is 25.3. The fourth-order valence-corrected chi connectivity index (χ4v) is 6.32. The number of nitrogens with zero attached hydrogens (tertiary/aromatic N) is 1. The molecule has 0 bridgehead atoms. The Morgan fingerprint density at radius 1 is 0.811 bits per heavy atom. The van der Waals surface area contributed by atoms with Gasteiger partial charge in [-0.05, 0) is 47.6 Å². The van der Waals surface area contributed by atoms with E-state index in [-0.39, 0.29) is 5.41 Å². The Bertz CT molecular complexity index is 1370. The molecule has 1 heterocycles. The van der Waals surface area contributed by atoms with E-state index in [9.17, 15) is 0 Å². The van der Waals surface area contributed by atoms with Crippen LogP contribution in [0.1, 0.15) is 49.8 Å². The summed E-state index contributed by atoms with van der Waals surface area (Å²) in [4.78, 5) is 1.15. The third-order valence-corrected chi connectivity index (χ3v) is 7.97. The van der Waals surface area contributed by atoms with Crippen molar-refractivity contribution in [3.63, 3.8) is 0 Å². The first-order valence-corrected chi connectivity index (χ1v) is 13.9. The summed E-state index contributed by atoms with van der Waals surface area (Å²) in [6, 6.07) is 28.9. The monoisotopic (exact) mass is 502 g/mol. The van der Waals surface area contributed by atoms with E-state index in [0.717, 1.165) is 37.3 Å². The van der Waals surface area contributed by atoms with Crippen molar-refractivity contribution < 1.29 is 4.58 Å². The van der Waals surface area contributed by atoms with Gasteiger partial charge in [0.2, 0.25) is 5.71 Å². The van der Waals surface area contributed by atoms with Gasteiger partial charge in [0.05, 0.1) is 10.5 Å². The van der Waals surface area contributed by atoms with E-state index < -0.39 is 0 Å². The number of allylic oxidation sites excluding steroid dienone is 7. The molecule has 1 nitrogen and oxygen atoms in total. The van der Waals surface area contributed by atoms with Gasteiger partial charge in [0.1, 0.15) is 6.54 Å². The highest BCUT2D eigenvalue weighted by molar-refractivity contribution is 7.84. The topological polar surface area (TPSA) is 3.01 Å². The van der Waals surface area contributed by atoms with Crippen molar-refractivity contribution in [1.29, 1.82) is 0 Å². The summed E-state index contributed by atoms with van der Waals surface area (Å²) in [6.07, 6.45) is 16.5. The van der Waals surface area contributed by atoms with Crippen molar-refractivity contribution in [1.82, 2.24) is 0 Å². The van der Waals surface area contributed by atoms with Crippen LogP contribution < -0.4 is 0 Å². The maximum absolute atomic E-state index is 4.94. The molecule has 5 rings (SSSR count). The molecule has 1 aliphatic carbocycles. The lowest BCUT2D eigenvalue weighted by atomic mass is 9.70. The number of hydrogen-bond donors (Lipinski definition) is 1. The molecule has 186 valence electrons. The Morgan fingerprint density at radius 3 is 2.11 bits per heavy atom. The number of benzene rings is 3. The lowest BCUT2D eigenvalue weighted by Gasteiger charge is -2.32. The average Bonchev–Trinajstić information content (AvgIpc) is 3.39. The molecule has 0 radical (unpaired) electrons. The van der Waals surface area contributed by atoms with Crippen molar-refractivity contribution in [3.8, 4) is 11.1 Å². The van der Waals surface area contributed by atoms with E-state index in [1.54, 1.807) is 0 Å². The average molecular weight is 503 g/mol. The van der Waals surface area contributed by atoms with Crippen molar-refractivity contribution in [2.24, 2.45) is 0 Å². The second-order valence-electron chi connectivity index (χ2n) is 9.84. The van der Waals surface area contributed by atoms with Crippen molar-refractivity contribution in [2.75, 3.05) is 13.1 Å². The van der Waals surface area contributed by atoms with Crippen LogP contribution in [0.2, 0.25) is 0 Å². The van der Waals surface area contributed by atoms with E-state index in [0.29, 0.717) is 0 Å². The maximum atomic E-state index is 4.94. The fraction of sp³-hybridized carbons (Fsp3) is 0.229. The number of rotatable bonds is 9. The van der Waals surface area contributed by atoms with Crippen LogP contribution in [0.5, 0.6) is 0 Å². The fourth-order valence-electron chi connectivity index (χ4n) is 5.96. The van der Waals surface area contributed by atoms with E-state index in [1.807, 2.05) is 0 Å². The second-order valence-corrected chi connectivity index (χ2v) is 10.4. The normalized spacial score (nSPS) is 16.5. The third-order valence-electron chi connectivity index (χ3n) is 7.58. The summed E-state index contributed by atoms with van der Waals surface area (Å²) >= 11 is 4.94. The molecule has 0 spiro atoms.